The standard InChI is InChI=1S/C20H22O6/c1-23-16-11-10-15(12-17(16)24-2)20(18(21)25-3,19(22)26-4)13-14-8-6-5-7-9-14/h5-12H,13H2,1-4H3. The van der Waals surface area contributed by atoms with Crippen LogP contribution in [0.1, 0.15) is 11.1 Å². The molecule has 0 saturated carbocycles. The molecule has 0 atom stereocenters. The first-order valence-corrected chi connectivity index (χ1v) is 7.96. The predicted molar refractivity (Wildman–Crippen MR) is 95.4 cm³/mol. The van der Waals surface area contributed by atoms with Crippen molar-refractivity contribution in [1.29, 1.82) is 0 Å². The Morgan fingerprint density at radius 3 is 1.88 bits per heavy atom. The van der Waals surface area contributed by atoms with Gasteiger partial charge in [0.15, 0.2) is 16.9 Å². The van der Waals surface area contributed by atoms with Crippen LogP contribution in [0.3, 0.4) is 0 Å². The second-order valence-corrected chi connectivity index (χ2v) is 5.62. The minimum atomic E-state index is -1.66. The first-order chi connectivity index (χ1) is 12.5. The maximum atomic E-state index is 12.8. The Balaban J connectivity index is 2.69. The summed E-state index contributed by atoms with van der Waals surface area (Å²) in [5, 5.41) is 0. The number of ether oxygens (including phenoxy) is 4. The number of hydrogen-bond donors (Lipinski definition) is 0. The van der Waals surface area contributed by atoms with Gasteiger partial charge in [-0.15, -0.1) is 0 Å². The number of rotatable bonds is 7. The average Bonchev–Trinajstić information content (AvgIpc) is 2.70. The highest BCUT2D eigenvalue weighted by Gasteiger charge is 2.50. The Hall–Kier alpha value is -3.02. The highest BCUT2D eigenvalue weighted by atomic mass is 16.5. The van der Waals surface area contributed by atoms with Crippen molar-refractivity contribution in [2.45, 2.75) is 11.8 Å². The van der Waals surface area contributed by atoms with Gasteiger partial charge in [0, 0.05) is 6.42 Å². The van der Waals surface area contributed by atoms with Crippen LogP contribution in [0.25, 0.3) is 0 Å². The summed E-state index contributed by atoms with van der Waals surface area (Å²) < 4.78 is 20.5. The molecule has 0 radical (unpaired) electrons. The van der Waals surface area contributed by atoms with E-state index in [0.29, 0.717) is 17.1 Å². The quantitative estimate of drug-likeness (QED) is 0.559. The van der Waals surface area contributed by atoms with E-state index in [1.54, 1.807) is 18.2 Å². The van der Waals surface area contributed by atoms with E-state index in [9.17, 15) is 9.59 Å². The summed E-state index contributed by atoms with van der Waals surface area (Å²) in [6.07, 6.45) is 0.0860. The summed E-state index contributed by atoms with van der Waals surface area (Å²) in [6.45, 7) is 0. The first kappa shape index (κ1) is 19.3. The second kappa shape index (κ2) is 8.38. The Morgan fingerprint density at radius 2 is 1.38 bits per heavy atom. The van der Waals surface area contributed by atoms with Gasteiger partial charge in [-0.2, -0.15) is 0 Å². The number of carbonyl (C=O) groups is 2. The van der Waals surface area contributed by atoms with Crippen molar-refractivity contribution in [2.75, 3.05) is 28.4 Å². The van der Waals surface area contributed by atoms with Gasteiger partial charge in [0.05, 0.1) is 28.4 Å². The van der Waals surface area contributed by atoms with Crippen LogP contribution >= 0.6 is 0 Å². The molecule has 0 aliphatic carbocycles. The normalized spacial score (nSPS) is 10.8. The van der Waals surface area contributed by atoms with Gasteiger partial charge in [-0.3, -0.25) is 9.59 Å². The van der Waals surface area contributed by atoms with Gasteiger partial charge in [-0.05, 0) is 23.3 Å². The van der Waals surface area contributed by atoms with E-state index in [4.69, 9.17) is 18.9 Å². The summed E-state index contributed by atoms with van der Waals surface area (Å²) in [5.41, 5.74) is -0.472. The molecular formula is C20H22O6. The second-order valence-electron chi connectivity index (χ2n) is 5.62. The monoisotopic (exact) mass is 358 g/mol. The Bertz CT molecular complexity index is 753. The van der Waals surface area contributed by atoms with E-state index in [1.807, 2.05) is 30.3 Å². The van der Waals surface area contributed by atoms with Gasteiger partial charge in [0.2, 0.25) is 0 Å². The molecule has 0 saturated heterocycles. The molecule has 6 heteroatoms. The molecule has 138 valence electrons. The van der Waals surface area contributed by atoms with Crippen LogP contribution in [0.2, 0.25) is 0 Å². The fraction of sp³-hybridized carbons (Fsp3) is 0.300. The molecule has 0 unspecified atom stereocenters. The Labute approximate surface area is 152 Å². The maximum Gasteiger partial charge on any atom is 0.328 e. The summed E-state index contributed by atoms with van der Waals surface area (Å²) in [7, 11) is 5.48. The third-order valence-electron chi connectivity index (χ3n) is 4.26. The third kappa shape index (κ3) is 3.49. The molecule has 0 N–H and O–H groups in total. The molecule has 0 aliphatic heterocycles. The molecule has 2 rings (SSSR count). The minimum absolute atomic E-state index is 0.0860. The maximum absolute atomic E-state index is 12.8. The van der Waals surface area contributed by atoms with E-state index >= 15 is 0 Å². The largest absolute Gasteiger partial charge is 0.493 e. The number of benzene rings is 2. The molecule has 0 aliphatic rings. The number of esters is 2. The Morgan fingerprint density at radius 1 is 0.808 bits per heavy atom. The molecular weight excluding hydrogens is 336 g/mol. The number of methoxy groups -OCH3 is 4. The summed E-state index contributed by atoms with van der Waals surface area (Å²) in [4.78, 5) is 25.6. The van der Waals surface area contributed by atoms with Gasteiger partial charge < -0.3 is 18.9 Å². The van der Waals surface area contributed by atoms with Crippen molar-refractivity contribution in [3.05, 3.63) is 59.7 Å². The van der Waals surface area contributed by atoms with Crippen LogP contribution in [0, 0.1) is 0 Å². The molecule has 0 bridgehead atoms. The van der Waals surface area contributed by atoms with Gasteiger partial charge in [-0.1, -0.05) is 36.4 Å². The predicted octanol–water partition coefficient (Wildman–Crippen LogP) is 2.53. The van der Waals surface area contributed by atoms with Crippen LogP contribution < -0.4 is 9.47 Å². The zero-order valence-electron chi connectivity index (χ0n) is 15.3. The SMILES string of the molecule is COC(=O)C(Cc1ccccc1)(C(=O)OC)c1ccc(OC)c(OC)c1. The van der Waals surface area contributed by atoms with Crippen molar-refractivity contribution in [3.63, 3.8) is 0 Å². The average molecular weight is 358 g/mol. The molecule has 0 fully saturated rings. The molecule has 6 nitrogen and oxygen atoms in total. The van der Waals surface area contributed by atoms with Crippen LogP contribution in [0.4, 0.5) is 0 Å². The Kier molecular flexibility index (Phi) is 6.22. The van der Waals surface area contributed by atoms with E-state index in [2.05, 4.69) is 0 Å². The summed E-state index contributed by atoms with van der Waals surface area (Å²) >= 11 is 0. The summed E-state index contributed by atoms with van der Waals surface area (Å²) in [6, 6.07) is 14.1. The fourth-order valence-corrected chi connectivity index (χ4v) is 2.92. The molecule has 0 aromatic heterocycles. The van der Waals surface area contributed by atoms with E-state index < -0.39 is 17.4 Å². The summed E-state index contributed by atoms with van der Waals surface area (Å²) in [5.74, 6) is -0.532. The number of hydrogen-bond acceptors (Lipinski definition) is 6. The molecule has 0 spiro atoms. The minimum Gasteiger partial charge on any atom is -0.493 e. The first-order valence-electron chi connectivity index (χ1n) is 7.96. The van der Waals surface area contributed by atoms with Crippen LogP contribution in [-0.2, 0) is 30.9 Å². The topological polar surface area (TPSA) is 71.1 Å². The van der Waals surface area contributed by atoms with Crippen molar-refractivity contribution >= 4 is 11.9 Å². The van der Waals surface area contributed by atoms with Crippen LogP contribution in [0.5, 0.6) is 11.5 Å². The lowest BCUT2D eigenvalue weighted by Crippen LogP contribution is -2.47. The molecule has 26 heavy (non-hydrogen) atoms. The zero-order valence-corrected chi connectivity index (χ0v) is 15.3. The van der Waals surface area contributed by atoms with Crippen molar-refractivity contribution < 1.29 is 28.5 Å². The van der Waals surface area contributed by atoms with E-state index in [1.165, 1.54) is 28.4 Å². The van der Waals surface area contributed by atoms with Crippen molar-refractivity contribution in [2.24, 2.45) is 0 Å². The highest BCUT2D eigenvalue weighted by Crippen LogP contribution is 2.37. The lowest BCUT2D eigenvalue weighted by atomic mass is 9.75. The van der Waals surface area contributed by atoms with E-state index in [-0.39, 0.29) is 6.42 Å². The third-order valence-corrected chi connectivity index (χ3v) is 4.26. The van der Waals surface area contributed by atoms with Crippen LogP contribution in [-0.4, -0.2) is 40.4 Å². The fourth-order valence-electron chi connectivity index (χ4n) is 2.92. The molecule has 2 aromatic rings. The van der Waals surface area contributed by atoms with Crippen molar-refractivity contribution in [1.82, 2.24) is 0 Å². The molecule has 0 heterocycles. The molecule has 2 aromatic carbocycles. The lowest BCUT2D eigenvalue weighted by molar-refractivity contribution is -0.162. The lowest BCUT2D eigenvalue weighted by Gasteiger charge is -2.29. The van der Waals surface area contributed by atoms with Gasteiger partial charge >= 0.3 is 11.9 Å². The molecule has 0 amide bonds. The van der Waals surface area contributed by atoms with E-state index in [0.717, 1.165) is 5.56 Å². The van der Waals surface area contributed by atoms with Gasteiger partial charge in [-0.25, -0.2) is 0 Å². The smallest absolute Gasteiger partial charge is 0.328 e. The van der Waals surface area contributed by atoms with Crippen LogP contribution in [0.15, 0.2) is 48.5 Å². The van der Waals surface area contributed by atoms with Gasteiger partial charge in [0.25, 0.3) is 0 Å². The number of carbonyl (C=O) groups excluding carboxylic acids is 2. The highest BCUT2D eigenvalue weighted by molar-refractivity contribution is 6.06. The van der Waals surface area contributed by atoms with Gasteiger partial charge in [0.1, 0.15) is 0 Å². The zero-order chi connectivity index (χ0) is 19.2. The van der Waals surface area contributed by atoms with Crippen molar-refractivity contribution in [3.8, 4) is 11.5 Å².